The lowest BCUT2D eigenvalue weighted by molar-refractivity contribution is 0.0949. The van der Waals surface area contributed by atoms with Crippen LogP contribution in [0.15, 0.2) is 69.6 Å². The fraction of sp³-hybridized carbons (Fsp3) is 0.0526. The van der Waals surface area contributed by atoms with Crippen LogP contribution in [0, 0.1) is 3.57 Å². The van der Waals surface area contributed by atoms with E-state index in [1.165, 1.54) is 0 Å². The molecule has 2 aromatic heterocycles. The molecule has 124 valence electrons. The van der Waals surface area contributed by atoms with Crippen molar-refractivity contribution in [1.82, 2.24) is 10.5 Å². The normalized spacial score (nSPS) is 10.9. The summed E-state index contributed by atoms with van der Waals surface area (Å²) < 4.78 is 12.0. The lowest BCUT2D eigenvalue weighted by Gasteiger charge is -2.04. The van der Waals surface area contributed by atoms with Gasteiger partial charge in [-0.3, -0.25) is 4.79 Å². The molecule has 0 aliphatic carbocycles. The second kappa shape index (κ2) is 6.72. The molecular formula is C19H13IN2O3. The van der Waals surface area contributed by atoms with Crippen LogP contribution in [0.3, 0.4) is 0 Å². The Morgan fingerprint density at radius 3 is 2.68 bits per heavy atom. The highest BCUT2D eigenvalue weighted by molar-refractivity contribution is 14.1. The molecule has 2 aromatic carbocycles. The second-order valence-corrected chi connectivity index (χ2v) is 6.66. The van der Waals surface area contributed by atoms with Gasteiger partial charge in [-0.2, -0.15) is 0 Å². The molecule has 0 aliphatic rings. The van der Waals surface area contributed by atoms with Gasteiger partial charge in [0.05, 0.1) is 12.1 Å². The van der Waals surface area contributed by atoms with E-state index in [-0.39, 0.29) is 12.5 Å². The Kier molecular flexibility index (Phi) is 4.27. The fourth-order valence-corrected chi connectivity index (χ4v) is 3.16. The first-order valence-corrected chi connectivity index (χ1v) is 8.76. The van der Waals surface area contributed by atoms with Crippen molar-refractivity contribution in [3.8, 4) is 11.5 Å². The first kappa shape index (κ1) is 15.9. The third kappa shape index (κ3) is 3.30. The van der Waals surface area contributed by atoms with Gasteiger partial charge in [-0.15, -0.1) is 0 Å². The van der Waals surface area contributed by atoms with Crippen molar-refractivity contribution in [3.63, 3.8) is 0 Å². The molecule has 1 N–H and O–H groups in total. The van der Waals surface area contributed by atoms with Gasteiger partial charge < -0.3 is 14.3 Å². The van der Waals surface area contributed by atoms with E-state index >= 15 is 0 Å². The van der Waals surface area contributed by atoms with Crippen molar-refractivity contribution in [2.75, 3.05) is 0 Å². The maximum atomic E-state index is 12.2. The van der Waals surface area contributed by atoms with Crippen LogP contribution in [0.25, 0.3) is 22.5 Å². The first-order chi connectivity index (χ1) is 12.2. The standard InChI is InChI=1S/C19H13IN2O3/c20-15-7-3-2-6-14(15)19(23)21-11-13-10-18(25-22-13)17-9-12-5-1-4-8-16(12)24-17/h1-10H,11H2,(H,21,23). The molecule has 25 heavy (non-hydrogen) atoms. The molecule has 1 amide bonds. The smallest absolute Gasteiger partial charge is 0.252 e. The van der Waals surface area contributed by atoms with Gasteiger partial charge in [0.15, 0.2) is 5.76 Å². The number of furan rings is 1. The SMILES string of the molecule is O=C(NCc1cc(-c2cc3ccccc3o2)on1)c1ccccc1I. The molecule has 0 aliphatic heterocycles. The number of nitrogens with one attached hydrogen (secondary N) is 1. The molecule has 4 aromatic rings. The van der Waals surface area contributed by atoms with Gasteiger partial charge in [0.2, 0.25) is 5.76 Å². The van der Waals surface area contributed by atoms with Crippen LogP contribution < -0.4 is 5.32 Å². The number of aromatic nitrogens is 1. The minimum Gasteiger partial charge on any atom is -0.453 e. The van der Waals surface area contributed by atoms with Crippen LogP contribution in [0.5, 0.6) is 0 Å². The summed E-state index contributed by atoms with van der Waals surface area (Å²) in [6.45, 7) is 0.285. The minimum atomic E-state index is -0.140. The van der Waals surface area contributed by atoms with Crippen molar-refractivity contribution in [2.45, 2.75) is 6.54 Å². The Balaban J connectivity index is 1.48. The molecule has 0 fully saturated rings. The number of carbonyl (C=O) groups excluding carboxylic acids is 1. The van der Waals surface area contributed by atoms with Gasteiger partial charge in [0.25, 0.3) is 5.91 Å². The second-order valence-electron chi connectivity index (χ2n) is 5.49. The van der Waals surface area contributed by atoms with Gasteiger partial charge in [-0.1, -0.05) is 35.5 Å². The predicted octanol–water partition coefficient (Wildman–Crippen LogP) is 4.62. The number of halogens is 1. The predicted molar refractivity (Wildman–Crippen MR) is 102 cm³/mol. The maximum absolute atomic E-state index is 12.2. The third-order valence-electron chi connectivity index (χ3n) is 3.78. The van der Waals surface area contributed by atoms with E-state index in [0.717, 1.165) is 14.5 Å². The van der Waals surface area contributed by atoms with Gasteiger partial charge in [0, 0.05) is 15.0 Å². The van der Waals surface area contributed by atoms with E-state index in [1.807, 2.05) is 48.5 Å². The zero-order valence-corrected chi connectivity index (χ0v) is 15.2. The largest absolute Gasteiger partial charge is 0.453 e. The molecule has 0 atom stereocenters. The third-order valence-corrected chi connectivity index (χ3v) is 4.72. The van der Waals surface area contributed by atoms with Crippen molar-refractivity contribution < 1.29 is 13.7 Å². The number of rotatable bonds is 4. The molecule has 0 saturated carbocycles. The van der Waals surface area contributed by atoms with E-state index in [2.05, 4.69) is 33.1 Å². The number of benzene rings is 2. The van der Waals surface area contributed by atoms with Crippen LogP contribution in [0.1, 0.15) is 16.1 Å². The zero-order chi connectivity index (χ0) is 17.2. The summed E-state index contributed by atoms with van der Waals surface area (Å²) in [5, 5.41) is 7.85. The highest BCUT2D eigenvalue weighted by atomic mass is 127. The molecule has 0 radical (unpaired) electrons. The van der Waals surface area contributed by atoms with E-state index in [0.29, 0.717) is 22.8 Å². The number of nitrogens with zero attached hydrogens (tertiary/aromatic N) is 1. The van der Waals surface area contributed by atoms with E-state index in [9.17, 15) is 4.79 Å². The van der Waals surface area contributed by atoms with Crippen LogP contribution >= 0.6 is 22.6 Å². The molecule has 0 unspecified atom stereocenters. The van der Waals surface area contributed by atoms with Crippen LogP contribution in [-0.4, -0.2) is 11.1 Å². The Labute approximate surface area is 157 Å². The number of fused-ring (bicyclic) bond motifs is 1. The average Bonchev–Trinajstić information content (AvgIpc) is 3.26. The zero-order valence-electron chi connectivity index (χ0n) is 13.0. The minimum absolute atomic E-state index is 0.140. The van der Waals surface area contributed by atoms with Crippen LogP contribution in [-0.2, 0) is 6.54 Å². The quantitative estimate of drug-likeness (QED) is 0.467. The Hall–Kier alpha value is -2.61. The van der Waals surface area contributed by atoms with Crippen LogP contribution in [0.4, 0.5) is 0 Å². The molecule has 2 heterocycles. The highest BCUT2D eigenvalue weighted by Gasteiger charge is 2.14. The Morgan fingerprint density at radius 2 is 1.84 bits per heavy atom. The number of hydrogen-bond donors (Lipinski definition) is 1. The Morgan fingerprint density at radius 1 is 1.04 bits per heavy atom. The molecule has 5 nitrogen and oxygen atoms in total. The van der Waals surface area contributed by atoms with Gasteiger partial charge >= 0.3 is 0 Å². The summed E-state index contributed by atoms with van der Waals surface area (Å²) in [5.74, 6) is 1.01. The molecular weight excluding hydrogens is 431 g/mol. The van der Waals surface area contributed by atoms with Crippen LogP contribution in [0.2, 0.25) is 0 Å². The molecule has 0 saturated heterocycles. The average molecular weight is 444 g/mol. The van der Waals surface area contributed by atoms with Gasteiger partial charge in [-0.05, 0) is 46.9 Å². The number of para-hydroxylation sites is 1. The molecule has 0 bridgehead atoms. The maximum Gasteiger partial charge on any atom is 0.252 e. The summed E-state index contributed by atoms with van der Waals surface area (Å²) in [4.78, 5) is 12.2. The van der Waals surface area contributed by atoms with Gasteiger partial charge in [-0.25, -0.2) is 0 Å². The lowest BCUT2D eigenvalue weighted by Crippen LogP contribution is -2.23. The number of carbonyl (C=O) groups is 1. The number of hydrogen-bond acceptors (Lipinski definition) is 4. The monoisotopic (exact) mass is 444 g/mol. The van der Waals surface area contributed by atoms with E-state index < -0.39 is 0 Å². The number of amides is 1. The topological polar surface area (TPSA) is 68.3 Å². The van der Waals surface area contributed by atoms with E-state index in [1.54, 1.807) is 12.1 Å². The molecule has 0 spiro atoms. The summed E-state index contributed by atoms with van der Waals surface area (Å²) in [5.41, 5.74) is 2.07. The van der Waals surface area contributed by atoms with E-state index in [4.69, 9.17) is 8.94 Å². The van der Waals surface area contributed by atoms with Crippen molar-refractivity contribution >= 4 is 39.5 Å². The first-order valence-electron chi connectivity index (χ1n) is 7.68. The Bertz CT molecular complexity index is 1020. The van der Waals surface area contributed by atoms with Crippen molar-refractivity contribution in [2.24, 2.45) is 0 Å². The lowest BCUT2D eigenvalue weighted by atomic mass is 10.2. The fourth-order valence-electron chi connectivity index (χ4n) is 2.53. The van der Waals surface area contributed by atoms with Crippen molar-refractivity contribution in [1.29, 1.82) is 0 Å². The molecule has 4 rings (SSSR count). The summed E-state index contributed by atoms with van der Waals surface area (Å²) in [7, 11) is 0. The summed E-state index contributed by atoms with van der Waals surface area (Å²) in [6.07, 6.45) is 0. The van der Waals surface area contributed by atoms with Crippen molar-refractivity contribution in [3.05, 3.63) is 75.5 Å². The van der Waals surface area contributed by atoms with Gasteiger partial charge in [0.1, 0.15) is 11.3 Å². The molecule has 6 heteroatoms. The highest BCUT2D eigenvalue weighted by Crippen LogP contribution is 2.28. The summed E-state index contributed by atoms with van der Waals surface area (Å²) in [6, 6.07) is 18.8. The summed E-state index contributed by atoms with van der Waals surface area (Å²) >= 11 is 2.14.